The minimum atomic E-state index is -0.604. The van der Waals surface area contributed by atoms with E-state index < -0.39 is 11.9 Å². The first-order valence-electron chi connectivity index (χ1n) is 10.2. The Bertz CT molecular complexity index is 835. The van der Waals surface area contributed by atoms with Gasteiger partial charge in [-0.2, -0.15) is 0 Å². The van der Waals surface area contributed by atoms with Gasteiger partial charge in [0.05, 0.1) is 6.42 Å². The van der Waals surface area contributed by atoms with Gasteiger partial charge in [0.25, 0.3) is 0 Å². The van der Waals surface area contributed by atoms with E-state index in [2.05, 4.69) is 5.32 Å². The summed E-state index contributed by atoms with van der Waals surface area (Å²) in [4.78, 5) is 27.6. The number of halogens is 1. The number of nitrogens with zero attached hydrogens (tertiary/aromatic N) is 1. The third kappa shape index (κ3) is 6.41. The Morgan fingerprint density at radius 1 is 1.03 bits per heavy atom. The third-order valence-corrected chi connectivity index (χ3v) is 4.97. The van der Waals surface area contributed by atoms with Gasteiger partial charge in [-0.25, -0.2) is 4.39 Å². The van der Waals surface area contributed by atoms with E-state index in [1.54, 1.807) is 23.1 Å². The second kappa shape index (κ2) is 10.7. The SMILES string of the molecule is CCC(C(=O)NCC(C)C)N(Cc1ccccc1C)C(=O)Cc1ccccc1F. The fraction of sp³-hybridized carbons (Fsp3) is 0.417. The molecule has 0 aromatic heterocycles. The summed E-state index contributed by atoms with van der Waals surface area (Å²) in [5.74, 6) is -0.522. The summed E-state index contributed by atoms with van der Waals surface area (Å²) in [5, 5.41) is 2.94. The van der Waals surface area contributed by atoms with Crippen LogP contribution in [-0.4, -0.2) is 29.3 Å². The van der Waals surface area contributed by atoms with Crippen molar-refractivity contribution in [1.29, 1.82) is 0 Å². The van der Waals surface area contributed by atoms with Crippen molar-refractivity contribution < 1.29 is 14.0 Å². The molecule has 0 bridgehead atoms. The highest BCUT2D eigenvalue weighted by Crippen LogP contribution is 2.18. The molecule has 0 aliphatic heterocycles. The van der Waals surface area contributed by atoms with Gasteiger partial charge in [-0.15, -0.1) is 0 Å². The number of hydrogen-bond donors (Lipinski definition) is 1. The predicted octanol–water partition coefficient (Wildman–Crippen LogP) is 4.26. The maximum Gasteiger partial charge on any atom is 0.242 e. The molecule has 2 amide bonds. The lowest BCUT2D eigenvalue weighted by Gasteiger charge is -2.31. The van der Waals surface area contributed by atoms with Crippen molar-refractivity contribution in [1.82, 2.24) is 10.2 Å². The summed E-state index contributed by atoms with van der Waals surface area (Å²) in [5.41, 5.74) is 2.36. The molecule has 1 atom stereocenters. The molecular weight excluding hydrogens is 367 g/mol. The zero-order valence-electron chi connectivity index (χ0n) is 17.7. The average molecular weight is 399 g/mol. The van der Waals surface area contributed by atoms with Crippen LogP contribution in [0.2, 0.25) is 0 Å². The van der Waals surface area contributed by atoms with E-state index in [1.807, 2.05) is 52.0 Å². The van der Waals surface area contributed by atoms with Crippen molar-refractivity contribution >= 4 is 11.8 Å². The summed E-state index contributed by atoms with van der Waals surface area (Å²) in [7, 11) is 0. The smallest absolute Gasteiger partial charge is 0.242 e. The van der Waals surface area contributed by atoms with Crippen LogP contribution in [0.4, 0.5) is 4.39 Å². The van der Waals surface area contributed by atoms with E-state index >= 15 is 0 Å². The first-order chi connectivity index (χ1) is 13.8. The minimum absolute atomic E-state index is 0.0769. The lowest BCUT2D eigenvalue weighted by atomic mass is 10.0. The standard InChI is InChI=1S/C24H31FN2O2/c1-5-22(24(29)26-15-17(2)3)27(16-20-12-7-6-10-18(20)4)23(28)14-19-11-8-9-13-21(19)25/h6-13,17,22H,5,14-16H2,1-4H3,(H,26,29). The van der Waals surface area contributed by atoms with Gasteiger partial charge in [-0.05, 0) is 42.0 Å². The third-order valence-electron chi connectivity index (χ3n) is 4.97. The van der Waals surface area contributed by atoms with Gasteiger partial charge in [-0.1, -0.05) is 63.2 Å². The molecule has 0 fully saturated rings. The molecule has 0 aliphatic rings. The number of carbonyl (C=O) groups excluding carboxylic acids is 2. The van der Waals surface area contributed by atoms with Crippen LogP contribution in [0.25, 0.3) is 0 Å². The number of aryl methyl sites for hydroxylation is 1. The maximum absolute atomic E-state index is 14.1. The fourth-order valence-electron chi connectivity index (χ4n) is 3.22. The Balaban J connectivity index is 2.30. The number of nitrogens with one attached hydrogen (secondary N) is 1. The second-order valence-corrected chi connectivity index (χ2v) is 7.78. The van der Waals surface area contributed by atoms with Crippen molar-refractivity contribution in [3.8, 4) is 0 Å². The van der Waals surface area contributed by atoms with E-state index in [4.69, 9.17) is 0 Å². The molecule has 4 nitrogen and oxygen atoms in total. The highest BCUT2D eigenvalue weighted by atomic mass is 19.1. The van der Waals surface area contributed by atoms with Crippen molar-refractivity contribution in [2.75, 3.05) is 6.54 Å². The molecule has 2 aromatic rings. The van der Waals surface area contributed by atoms with Crippen molar-refractivity contribution in [3.05, 3.63) is 71.0 Å². The molecule has 0 spiro atoms. The molecule has 0 saturated heterocycles. The molecule has 5 heteroatoms. The quantitative estimate of drug-likeness (QED) is 0.686. The van der Waals surface area contributed by atoms with Crippen molar-refractivity contribution in [2.45, 2.75) is 53.1 Å². The molecule has 0 radical (unpaired) electrons. The number of hydrogen-bond acceptors (Lipinski definition) is 2. The first-order valence-corrected chi connectivity index (χ1v) is 10.2. The summed E-state index contributed by atoms with van der Waals surface area (Å²) < 4.78 is 14.1. The monoisotopic (exact) mass is 398 g/mol. The molecule has 1 N–H and O–H groups in total. The fourth-order valence-corrected chi connectivity index (χ4v) is 3.22. The summed E-state index contributed by atoms with van der Waals surface area (Å²) >= 11 is 0. The maximum atomic E-state index is 14.1. The number of carbonyl (C=O) groups is 2. The molecule has 2 aromatic carbocycles. The number of amides is 2. The zero-order valence-corrected chi connectivity index (χ0v) is 17.7. The molecule has 0 heterocycles. The lowest BCUT2D eigenvalue weighted by molar-refractivity contribution is -0.141. The van der Waals surface area contributed by atoms with Gasteiger partial charge in [0.2, 0.25) is 11.8 Å². The van der Waals surface area contributed by atoms with Gasteiger partial charge in [0.15, 0.2) is 0 Å². The number of rotatable bonds is 9. The van der Waals surface area contributed by atoms with E-state index in [-0.39, 0.29) is 18.2 Å². The molecule has 0 saturated carbocycles. The van der Waals surface area contributed by atoms with Gasteiger partial charge in [0, 0.05) is 13.1 Å². The van der Waals surface area contributed by atoms with Crippen LogP contribution in [-0.2, 0) is 22.6 Å². The van der Waals surface area contributed by atoms with E-state index in [9.17, 15) is 14.0 Å². The van der Waals surface area contributed by atoms with E-state index in [1.165, 1.54) is 6.07 Å². The van der Waals surface area contributed by atoms with Crippen LogP contribution < -0.4 is 5.32 Å². The van der Waals surface area contributed by atoms with Crippen LogP contribution in [0.1, 0.15) is 43.9 Å². The second-order valence-electron chi connectivity index (χ2n) is 7.78. The summed E-state index contributed by atoms with van der Waals surface area (Å²) in [6.45, 7) is 8.78. The topological polar surface area (TPSA) is 49.4 Å². The molecule has 156 valence electrons. The van der Waals surface area contributed by atoms with E-state index in [0.717, 1.165) is 11.1 Å². The largest absolute Gasteiger partial charge is 0.354 e. The highest BCUT2D eigenvalue weighted by Gasteiger charge is 2.29. The first kappa shape index (κ1) is 22.6. The summed E-state index contributed by atoms with van der Waals surface area (Å²) in [6, 6.07) is 13.5. The van der Waals surface area contributed by atoms with Gasteiger partial charge in [0.1, 0.15) is 11.9 Å². The molecule has 29 heavy (non-hydrogen) atoms. The van der Waals surface area contributed by atoms with Crippen molar-refractivity contribution in [2.24, 2.45) is 5.92 Å². The number of benzene rings is 2. The lowest BCUT2D eigenvalue weighted by Crippen LogP contribution is -2.50. The Kier molecular flexibility index (Phi) is 8.37. The van der Waals surface area contributed by atoms with Gasteiger partial charge >= 0.3 is 0 Å². The Morgan fingerprint density at radius 3 is 2.24 bits per heavy atom. The van der Waals surface area contributed by atoms with Crippen LogP contribution in [0, 0.1) is 18.7 Å². The molecule has 2 rings (SSSR count). The highest BCUT2D eigenvalue weighted by molar-refractivity contribution is 5.88. The van der Waals surface area contributed by atoms with Gasteiger partial charge < -0.3 is 10.2 Å². The van der Waals surface area contributed by atoms with Gasteiger partial charge in [-0.3, -0.25) is 9.59 Å². The van der Waals surface area contributed by atoms with E-state index in [0.29, 0.717) is 31.0 Å². The summed E-state index contributed by atoms with van der Waals surface area (Å²) in [6.07, 6.45) is 0.408. The Hall–Kier alpha value is -2.69. The Morgan fingerprint density at radius 2 is 1.66 bits per heavy atom. The normalized spacial score (nSPS) is 11.9. The molecule has 0 aliphatic carbocycles. The minimum Gasteiger partial charge on any atom is -0.354 e. The van der Waals surface area contributed by atoms with Crippen LogP contribution in [0.3, 0.4) is 0 Å². The molecular formula is C24H31FN2O2. The van der Waals surface area contributed by atoms with Crippen LogP contribution in [0.15, 0.2) is 48.5 Å². The average Bonchev–Trinajstić information content (AvgIpc) is 2.69. The Labute approximate surface area is 173 Å². The van der Waals surface area contributed by atoms with Crippen molar-refractivity contribution in [3.63, 3.8) is 0 Å². The predicted molar refractivity (Wildman–Crippen MR) is 114 cm³/mol. The van der Waals surface area contributed by atoms with Crippen LogP contribution >= 0.6 is 0 Å². The van der Waals surface area contributed by atoms with Crippen LogP contribution in [0.5, 0.6) is 0 Å². The zero-order chi connectivity index (χ0) is 21.4. The molecule has 1 unspecified atom stereocenters.